The van der Waals surface area contributed by atoms with Crippen molar-refractivity contribution in [2.45, 2.75) is 32.8 Å². The van der Waals surface area contributed by atoms with E-state index >= 15 is 0 Å². The number of anilines is 2. The number of aromatic nitrogens is 2. The normalized spacial score (nSPS) is 18.7. The smallest absolute Gasteiger partial charge is 0.134 e. The number of morpholine rings is 1. The van der Waals surface area contributed by atoms with E-state index in [0.717, 1.165) is 44.3 Å². The van der Waals surface area contributed by atoms with Crippen molar-refractivity contribution in [1.29, 1.82) is 0 Å². The molecule has 1 N–H and O–H groups in total. The predicted octanol–water partition coefficient (Wildman–Crippen LogP) is 1.91. The average molecular weight is 250 g/mol. The standard InChI is InChI=1S/C13H22N4O/c1-4-5-14-11-8-12(16-10-15-11)17-6-7-18-13(2,3)9-17/h8,10H,4-7,9H2,1-3H3,(H,14,15,16). The van der Waals surface area contributed by atoms with Crippen LogP contribution in [0, 0.1) is 0 Å². The Balaban J connectivity index is 2.07. The maximum absolute atomic E-state index is 5.71. The van der Waals surface area contributed by atoms with Gasteiger partial charge in [-0.25, -0.2) is 9.97 Å². The molecular weight excluding hydrogens is 228 g/mol. The van der Waals surface area contributed by atoms with E-state index in [4.69, 9.17) is 4.74 Å². The van der Waals surface area contributed by atoms with Crippen LogP contribution < -0.4 is 10.2 Å². The molecule has 1 aromatic rings. The Labute approximate surface area is 109 Å². The molecule has 1 saturated heterocycles. The first-order chi connectivity index (χ1) is 8.61. The van der Waals surface area contributed by atoms with Gasteiger partial charge in [-0.1, -0.05) is 6.92 Å². The minimum atomic E-state index is -0.111. The van der Waals surface area contributed by atoms with Gasteiger partial charge < -0.3 is 15.0 Å². The van der Waals surface area contributed by atoms with Gasteiger partial charge in [0.05, 0.1) is 12.2 Å². The van der Waals surface area contributed by atoms with Gasteiger partial charge in [0.2, 0.25) is 0 Å². The van der Waals surface area contributed by atoms with Crippen molar-refractivity contribution >= 4 is 11.6 Å². The summed E-state index contributed by atoms with van der Waals surface area (Å²) in [6.45, 7) is 9.78. The Morgan fingerprint density at radius 3 is 3.00 bits per heavy atom. The van der Waals surface area contributed by atoms with E-state index < -0.39 is 0 Å². The molecule has 1 fully saturated rings. The number of hydrogen-bond donors (Lipinski definition) is 1. The first-order valence-electron chi connectivity index (χ1n) is 6.55. The number of nitrogens with one attached hydrogen (secondary N) is 1. The van der Waals surface area contributed by atoms with Crippen LogP contribution in [0.5, 0.6) is 0 Å². The third-order valence-electron chi connectivity index (χ3n) is 2.96. The monoisotopic (exact) mass is 250 g/mol. The Bertz CT molecular complexity index is 394. The molecule has 100 valence electrons. The summed E-state index contributed by atoms with van der Waals surface area (Å²) in [5.41, 5.74) is -0.111. The van der Waals surface area contributed by atoms with Crippen LogP contribution in [0.3, 0.4) is 0 Å². The molecule has 1 aliphatic heterocycles. The molecule has 2 rings (SSSR count). The van der Waals surface area contributed by atoms with Gasteiger partial charge in [-0.05, 0) is 20.3 Å². The van der Waals surface area contributed by atoms with E-state index in [1.807, 2.05) is 6.07 Å². The lowest BCUT2D eigenvalue weighted by Gasteiger charge is -2.38. The number of nitrogens with zero attached hydrogens (tertiary/aromatic N) is 3. The van der Waals surface area contributed by atoms with Crippen molar-refractivity contribution in [3.8, 4) is 0 Å². The molecule has 5 heteroatoms. The quantitative estimate of drug-likeness (QED) is 0.884. The van der Waals surface area contributed by atoms with Crippen LogP contribution in [-0.2, 0) is 4.74 Å². The minimum absolute atomic E-state index is 0.111. The van der Waals surface area contributed by atoms with Gasteiger partial charge in [0, 0.05) is 25.7 Å². The Morgan fingerprint density at radius 1 is 1.44 bits per heavy atom. The van der Waals surface area contributed by atoms with Crippen LogP contribution in [0.25, 0.3) is 0 Å². The zero-order valence-corrected chi connectivity index (χ0v) is 11.4. The van der Waals surface area contributed by atoms with Crippen LogP contribution in [0.2, 0.25) is 0 Å². The molecule has 0 spiro atoms. The van der Waals surface area contributed by atoms with E-state index in [0.29, 0.717) is 0 Å². The van der Waals surface area contributed by atoms with E-state index in [1.54, 1.807) is 6.33 Å². The van der Waals surface area contributed by atoms with Gasteiger partial charge in [0.1, 0.15) is 18.0 Å². The lowest BCUT2D eigenvalue weighted by atomic mass is 10.1. The summed E-state index contributed by atoms with van der Waals surface area (Å²) in [5.74, 6) is 1.87. The molecule has 0 unspecified atom stereocenters. The van der Waals surface area contributed by atoms with E-state index in [1.165, 1.54) is 0 Å². The van der Waals surface area contributed by atoms with Gasteiger partial charge in [-0.3, -0.25) is 0 Å². The Kier molecular flexibility index (Phi) is 4.01. The fraction of sp³-hybridized carbons (Fsp3) is 0.692. The highest BCUT2D eigenvalue weighted by molar-refractivity contribution is 5.48. The summed E-state index contributed by atoms with van der Waals surface area (Å²) in [6, 6.07) is 2.01. The minimum Gasteiger partial charge on any atom is -0.372 e. The van der Waals surface area contributed by atoms with Crippen LogP contribution >= 0.6 is 0 Å². The molecule has 0 bridgehead atoms. The maximum atomic E-state index is 5.71. The fourth-order valence-electron chi connectivity index (χ4n) is 2.08. The van der Waals surface area contributed by atoms with Gasteiger partial charge >= 0.3 is 0 Å². The van der Waals surface area contributed by atoms with Crippen LogP contribution in [0.1, 0.15) is 27.2 Å². The first kappa shape index (κ1) is 13.1. The summed E-state index contributed by atoms with van der Waals surface area (Å²) in [5, 5.41) is 3.29. The van der Waals surface area contributed by atoms with Gasteiger partial charge in [-0.2, -0.15) is 0 Å². The molecule has 0 radical (unpaired) electrons. The van der Waals surface area contributed by atoms with Gasteiger partial charge in [0.15, 0.2) is 0 Å². The zero-order chi connectivity index (χ0) is 13.0. The molecule has 0 amide bonds. The van der Waals surface area contributed by atoms with Crippen LogP contribution in [-0.4, -0.2) is 41.8 Å². The first-order valence-corrected chi connectivity index (χ1v) is 6.55. The van der Waals surface area contributed by atoms with E-state index in [9.17, 15) is 0 Å². The summed E-state index contributed by atoms with van der Waals surface area (Å²) < 4.78 is 5.71. The number of hydrogen-bond acceptors (Lipinski definition) is 5. The lowest BCUT2D eigenvalue weighted by Crippen LogP contribution is -2.48. The van der Waals surface area contributed by atoms with Crippen molar-refractivity contribution in [3.05, 3.63) is 12.4 Å². The largest absolute Gasteiger partial charge is 0.372 e. The third-order valence-corrected chi connectivity index (χ3v) is 2.96. The molecule has 18 heavy (non-hydrogen) atoms. The maximum Gasteiger partial charge on any atom is 0.134 e. The lowest BCUT2D eigenvalue weighted by molar-refractivity contribution is -0.0279. The highest BCUT2D eigenvalue weighted by Crippen LogP contribution is 2.22. The summed E-state index contributed by atoms with van der Waals surface area (Å²) in [7, 11) is 0. The number of ether oxygens (including phenoxy) is 1. The SMILES string of the molecule is CCCNc1cc(N2CCOC(C)(C)C2)ncn1. The Morgan fingerprint density at radius 2 is 2.28 bits per heavy atom. The summed E-state index contributed by atoms with van der Waals surface area (Å²) >= 11 is 0. The predicted molar refractivity (Wildman–Crippen MR) is 73.1 cm³/mol. The van der Waals surface area contributed by atoms with Crippen LogP contribution in [0.4, 0.5) is 11.6 Å². The highest BCUT2D eigenvalue weighted by atomic mass is 16.5. The molecule has 0 aromatic carbocycles. The topological polar surface area (TPSA) is 50.3 Å². The second kappa shape index (κ2) is 5.52. The highest BCUT2D eigenvalue weighted by Gasteiger charge is 2.27. The molecule has 0 atom stereocenters. The van der Waals surface area contributed by atoms with Gasteiger partial charge in [-0.15, -0.1) is 0 Å². The molecule has 5 nitrogen and oxygen atoms in total. The van der Waals surface area contributed by atoms with Crippen molar-refractivity contribution in [2.24, 2.45) is 0 Å². The molecular formula is C13H22N4O. The Hall–Kier alpha value is -1.36. The van der Waals surface area contributed by atoms with E-state index in [2.05, 4.69) is 41.0 Å². The van der Waals surface area contributed by atoms with E-state index in [-0.39, 0.29) is 5.60 Å². The summed E-state index contributed by atoms with van der Waals surface area (Å²) in [4.78, 5) is 10.8. The average Bonchev–Trinajstić information content (AvgIpc) is 2.35. The van der Waals surface area contributed by atoms with Crippen molar-refractivity contribution < 1.29 is 4.74 Å². The van der Waals surface area contributed by atoms with Crippen molar-refractivity contribution in [3.63, 3.8) is 0 Å². The third kappa shape index (κ3) is 3.32. The molecule has 1 aliphatic rings. The second-order valence-corrected chi connectivity index (χ2v) is 5.22. The molecule has 2 heterocycles. The van der Waals surface area contributed by atoms with Crippen LogP contribution in [0.15, 0.2) is 12.4 Å². The zero-order valence-electron chi connectivity index (χ0n) is 11.4. The van der Waals surface area contributed by atoms with Gasteiger partial charge in [0.25, 0.3) is 0 Å². The molecule has 0 aliphatic carbocycles. The molecule has 0 saturated carbocycles. The second-order valence-electron chi connectivity index (χ2n) is 5.22. The summed E-state index contributed by atoms with van der Waals surface area (Å²) in [6.07, 6.45) is 2.71. The molecule has 1 aromatic heterocycles. The number of rotatable bonds is 4. The van der Waals surface area contributed by atoms with Crippen molar-refractivity contribution in [2.75, 3.05) is 36.5 Å². The fourth-order valence-corrected chi connectivity index (χ4v) is 2.08. The van der Waals surface area contributed by atoms with Crippen molar-refractivity contribution in [1.82, 2.24) is 9.97 Å².